The lowest BCUT2D eigenvalue weighted by atomic mass is 9.95. The van der Waals surface area contributed by atoms with Gasteiger partial charge in [0.05, 0.1) is 12.7 Å². The third kappa shape index (κ3) is 4.10. The van der Waals surface area contributed by atoms with Crippen molar-refractivity contribution in [2.24, 2.45) is 5.41 Å². The molecule has 1 rings (SSSR count). The maximum atomic E-state index is 5.88. The standard InChI is InChI=1S/C11H23NO/c1-11(2,8-12-3)9-13-10-6-4-5-7-10/h10,12H,4-9H2,1-3H3. The van der Waals surface area contributed by atoms with Gasteiger partial charge in [0, 0.05) is 12.0 Å². The van der Waals surface area contributed by atoms with Crippen LogP contribution in [0.3, 0.4) is 0 Å². The first-order valence-corrected chi connectivity index (χ1v) is 5.40. The lowest BCUT2D eigenvalue weighted by Gasteiger charge is -2.25. The van der Waals surface area contributed by atoms with Gasteiger partial charge in [-0.3, -0.25) is 0 Å². The molecule has 0 heterocycles. The number of nitrogens with one attached hydrogen (secondary N) is 1. The van der Waals surface area contributed by atoms with Crippen LogP contribution < -0.4 is 5.32 Å². The second-order valence-electron chi connectivity index (χ2n) is 4.91. The Morgan fingerprint density at radius 2 is 1.92 bits per heavy atom. The first kappa shape index (κ1) is 11.0. The van der Waals surface area contributed by atoms with E-state index in [-0.39, 0.29) is 5.41 Å². The molecule has 0 bridgehead atoms. The molecule has 0 saturated heterocycles. The zero-order valence-electron chi connectivity index (χ0n) is 9.23. The molecule has 1 aliphatic carbocycles. The minimum atomic E-state index is 0.275. The average molecular weight is 185 g/mol. The Hall–Kier alpha value is -0.0800. The molecule has 0 spiro atoms. The summed E-state index contributed by atoms with van der Waals surface area (Å²) in [6, 6.07) is 0. The summed E-state index contributed by atoms with van der Waals surface area (Å²) in [4.78, 5) is 0. The fourth-order valence-corrected chi connectivity index (χ4v) is 1.93. The molecule has 1 N–H and O–H groups in total. The molecule has 1 fully saturated rings. The molecule has 13 heavy (non-hydrogen) atoms. The van der Waals surface area contributed by atoms with Gasteiger partial charge in [-0.1, -0.05) is 26.7 Å². The summed E-state index contributed by atoms with van der Waals surface area (Å²) in [6.07, 6.45) is 5.82. The molecule has 78 valence electrons. The summed E-state index contributed by atoms with van der Waals surface area (Å²) in [5.74, 6) is 0. The van der Waals surface area contributed by atoms with Gasteiger partial charge in [-0.25, -0.2) is 0 Å². The zero-order valence-corrected chi connectivity index (χ0v) is 9.23. The Bertz CT molecular complexity index is 139. The van der Waals surface area contributed by atoms with Gasteiger partial charge in [-0.15, -0.1) is 0 Å². The summed E-state index contributed by atoms with van der Waals surface area (Å²) in [6.45, 7) is 6.41. The Morgan fingerprint density at radius 1 is 1.31 bits per heavy atom. The molecule has 0 atom stereocenters. The highest BCUT2D eigenvalue weighted by Crippen LogP contribution is 2.23. The second-order valence-corrected chi connectivity index (χ2v) is 4.91. The van der Waals surface area contributed by atoms with Crippen molar-refractivity contribution in [3.63, 3.8) is 0 Å². The van der Waals surface area contributed by atoms with Crippen molar-refractivity contribution in [1.29, 1.82) is 0 Å². The third-order valence-electron chi connectivity index (χ3n) is 2.67. The van der Waals surface area contributed by atoms with E-state index in [1.807, 2.05) is 7.05 Å². The van der Waals surface area contributed by atoms with Crippen molar-refractivity contribution < 1.29 is 4.74 Å². The topological polar surface area (TPSA) is 21.3 Å². The van der Waals surface area contributed by atoms with Crippen LogP contribution in [0.1, 0.15) is 39.5 Å². The number of ether oxygens (including phenoxy) is 1. The Labute approximate surface area is 82.0 Å². The van der Waals surface area contributed by atoms with E-state index in [0.29, 0.717) is 6.10 Å². The van der Waals surface area contributed by atoms with Gasteiger partial charge in [0.15, 0.2) is 0 Å². The van der Waals surface area contributed by atoms with Crippen molar-refractivity contribution >= 4 is 0 Å². The maximum absolute atomic E-state index is 5.88. The normalized spacial score (nSPS) is 19.6. The van der Waals surface area contributed by atoms with Gasteiger partial charge in [0.1, 0.15) is 0 Å². The monoisotopic (exact) mass is 185 g/mol. The minimum Gasteiger partial charge on any atom is -0.378 e. The van der Waals surface area contributed by atoms with E-state index in [1.54, 1.807) is 0 Å². The molecular weight excluding hydrogens is 162 g/mol. The van der Waals surface area contributed by atoms with Crippen LogP contribution in [-0.4, -0.2) is 26.3 Å². The van der Waals surface area contributed by atoms with E-state index in [4.69, 9.17) is 4.74 Å². The Kier molecular flexibility index (Phi) is 4.20. The highest BCUT2D eigenvalue weighted by Gasteiger charge is 2.21. The van der Waals surface area contributed by atoms with Crippen molar-refractivity contribution in [1.82, 2.24) is 5.32 Å². The predicted octanol–water partition coefficient (Wildman–Crippen LogP) is 2.19. The molecule has 0 unspecified atom stereocenters. The van der Waals surface area contributed by atoms with Crippen LogP contribution >= 0.6 is 0 Å². The molecule has 2 heteroatoms. The number of hydrogen-bond donors (Lipinski definition) is 1. The fourth-order valence-electron chi connectivity index (χ4n) is 1.93. The molecule has 1 aliphatic rings. The molecule has 2 nitrogen and oxygen atoms in total. The quantitative estimate of drug-likeness (QED) is 0.709. The van der Waals surface area contributed by atoms with Gasteiger partial charge in [-0.05, 0) is 19.9 Å². The summed E-state index contributed by atoms with van der Waals surface area (Å²) >= 11 is 0. The van der Waals surface area contributed by atoms with E-state index in [0.717, 1.165) is 13.2 Å². The van der Waals surface area contributed by atoms with Crippen LogP contribution in [0.4, 0.5) is 0 Å². The van der Waals surface area contributed by atoms with Crippen LogP contribution in [0.5, 0.6) is 0 Å². The van der Waals surface area contributed by atoms with Crippen molar-refractivity contribution in [2.45, 2.75) is 45.6 Å². The van der Waals surface area contributed by atoms with Gasteiger partial charge in [0.25, 0.3) is 0 Å². The van der Waals surface area contributed by atoms with Crippen LogP contribution in [0.25, 0.3) is 0 Å². The highest BCUT2D eigenvalue weighted by atomic mass is 16.5. The summed E-state index contributed by atoms with van der Waals surface area (Å²) < 4.78 is 5.88. The first-order chi connectivity index (χ1) is 6.14. The molecule has 0 amide bonds. The highest BCUT2D eigenvalue weighted by molar-refractivity contribution is 4.73. The second kappa shape index (κ2) is 4.97. The first-order valence-electron chi connectivity index (χ1n) is 5.40. The molecule has 0 aliphatic heterocycles. The van der Waals surface area contributed by atoms with Gasteiger partial charge >= 0.3 is 0 Å². The summed E-state index contributed by atoms with van der Waals surface area (Å²) in [5.41, 5.74) is 0.275. The number of hydrogen-bond acceptors (Lipinski definition) is 2. The molecule has 0 aromatic rings. The van der Waals surface area contributed by atoms with E-state index in [1.165, 1.54) is 25.7 Å². The van der Waals surface area contributed by atoms with E-state index in [2.05, 4.69) is 19.2 Å². The largest absolute Gasteiger partial charge is 0.378 e. The smallest absolute Gasteiger partial charge is 0.0575 e. The Balaban J connectivity index is 2.15. The molecule has 0 radical (unpaired) electrons. The van der Waals surface area contributed by atoms with Crippen molar-refractivity contribution in [3.8, 4) is 0 Å². The van der Waals surface area contributed by atoms with Crippen LogP contribution in [0.2, 0.25) is 0 Å². The van der Waals surface area contributed by atoms with Crippen LogP contribution in [0.15, 0.2) is 0 Å². The van der Waals surface area contributed by atoms with Crippen LogP contribution in [-0.2, 0) is 4.74 Å². The fraction of sp³-hybridized carbons (Fsp3) is 1.00. The Morgan fingerprint density at radius 3 is 2.46 bits per heavy atom. The van der Waals surface area contributed by atoms with E-state index in [9.17, 15) is 0 Å². The third-order valence-corrected chi connectivity index (χ3v) is 2.67. The number of rotatable bonds is 5. The predicted molar refractivity (Wildman–Crippen MR) is 55.9 cm³/mol. The van der Waals surface area contributed by atoms with Crippen LogP contribution in [0, 0.1) is 5.41 Å². The van der Waals surface area contributed by atoms with Gasteiger partial charge in [0.2, 0.25) is 0 Å². The lowest BCUT2D eigenvalue weighted by Crippen LogP contribution is -2.32. The minimum absolute atomic E-state index is 0.275. The summed E-state index contributed by atoms with van der Waals surface area (Å²) in [7, 11) is 2.00. The lowest BCUT2D eigenvalue weighted by molar-refractivity contribution is 0.00748. The van der Waals surface area contributed by atoms with E-state index < -0.39 is 0 Å². The van der Waals surface area contributed by atoms with Crippen molar-refractivity contribution in [3.05, 3.63) is 0 Å². The molecule has 0 aromatic heterocycles. The average Bonchev–Trinajstić information content (AvgIpc) is 2.52. The maximum Gasteiger partial charge on any atom is 0.0575 e. The van der Waals surface area contributed by atoms with Gasteiger partial charge < -0.3 is 10.1 Å². The SMILES string of the molecule is CNCC(C)(C)COC1CCCC1. The van der Waals surface area contributed by atoms with Gasteiger partial charge in [-0.2, -0.15) is 0 Å². The van der Waals surface area contributed by atoms with Crippen molar-refractivity contribution in [2.75, 3.05) is 20.2 Å². The summed E-state index contributed by atoms with van der Waals surface area (Å²) in [5, 5.41) is 3.20. The molecular formula is C11H23NO. The molecule has 1 saturated carbocycles. The molecule has 0 aromatic carbocycles. The van der Waals surface area contributed by atoms with E-state index >= 15 is 0 Å². The zero-order chi connectivity index (χ0) is 9.73.